The number of benzene rings is 2. The van der Waals surface area contributed by atoms with Gasteiger partial charge in [-0.15, -0.1) is 0 Å². The zero-order valence-electron chi connectivity index (χ0n) is 19.1. The van der Waals surface area contributed by atoms with Crippen LogP contribution in [0.15, 0.2) is 48.5 Å². The third-order valence-electron chi connectivity index (χ3n) is 6.68. The Hall–Kier alpha value is -3.49. The van der Waals surface area contributed by atoms with E-state index in [1.54, 1.807) is 0 Å². The molecule has 7 nitrogen and oxygen atoms in total. The van der Waals surface area contributed by atoms with Crippen molar-refractivity contribution in [1.29, 1.82) is 0 Å². The summed E-state index contributed by atoms with van der Waals surface area (Å²) in [6.45, 7) is 0.00776. The number of carbonyl (C=O) groups is 3. The highest BCUT2D eigenvalue weighted by molar-refractivity contribution is 5.86. The van der Waals surface area contributed by atoms with E-state index in [1.807, 2.05) is 48.5 Å². The van der Waals surface area contributed by atoms with Gasteiger partial charge >= 0.3 is 12.1 Å². The van der Waals surface area contributed by atoms with Crippen LogP contribution in [0.4, 0.5) is 13.6 Å². The molecule has 0 aliphatic heterocycles. The van der Waals surface area contributed by atoms with E-state index in [1.165, 1.54) is 0 Å². The van der Waals surface area contributed by atoms with Gasteiger partial charge in [-0.25, -0.2) is 13.6 Å². The SMILES string of the molecule is O=C(O)CCC(NC(=O)OCC1c2ccccc2-c2ccccc21)C(=O)NC1CCCCC1(F)F. The number of ether oxygens (including phenoxy) is 1. The average Bonchev–Trinajstić information content (AvgIpc) is 3.15. The van der Waals surface area contributed by atoms with Crippen LogP contribution < -0.4 is 10.6 Å². The van der Waals surface area contributed by atoms with E-state index in [0.29, 0.717) is 12.8 Å². The van der Waals surface area contributed by atoms with Crippen LogP contribution in [-0.4, -0.2) is 47.7 Å². The summed E-state index contributed by atoms with van der Waals surface area (Å²) in [6.07, 6.45) is -0.841. The quantitative estimate of drug-likeness (QED) is 0.511. The maximum Gasteiger partial charge on any atom is 0.407 e. The van der Waals surface area contributed by atoms with Crippen molar-refractivity contribution >= 4 is 18.0 Å². The second-order valence-electron chi connectivity index (χ2n) is 9.02. The van der Waals surface area contributed by atoms with E-state index in [4.69, 9.17) is 9.84 Å². The van der Waals surface area contributed by atoms with Crippen LogP contribution in [-0.2, 0) is 14.3 Å². The summed E-state index contributed by atoms with van der Waals surface area (Å²) >= 11 is 0. The van der Waals surface area contributed by atoms with Gasteiger partial charge in [0.1, 0.15) is 12.6 Å². The zero-order valence-corrected chi connectivity index (χ0v) is 19.1. The molecule has 9 heteroatoms. The predicted molar refractivity (Wildman–Crippen MR) is 124 cm³/mol. The van der Waals surface area contributed by atoms with Crippen LogP contribution >= 0.6 is 0 Å². The molecular weight excluding hydrogens is 458 g/mol. The average molecular weight is 487 g/mol. The van der Waals surface area contributed by atoms with Crippen molar-refractivity contribution in [2.45, 2.75) is 62.4 Å². The number of alkyl carbamates (subject to hydrolysis) is 1. The Kier molecular flexibility index (Phi) is 7.33. The van der Waals surface area contributed by atoms with Gasteiger partial charge < -0.3 is 20.5 Å². The predicted octanol–water partition coefficient (Wildman–Crippen LogP) is 4.45. The summed E-state index contributed by atoms with van der Waals surface area (Å²) in [5.74, 6) is -5.25. The van der Waals surface area contributed by atoms with Gasteiger partial charge in [0.25, 0.3) is 5.92 Å². The molecule has 2 aromatic rings. The van der Waals surface area contributed by atoms with Crippen molar-refractivity contribution in [2.24, 2.45) is 0 Å². The maximum absolute atomic E-state index is 14.2. The summed E-state index contributed by atoms with van der Waals surface area (Å²) in [6, 6.07) is 13.0. The molecule has 0 aromatic heterocycles. The number of carbonyl (C=O) groups excluding carboxylic acids is 2. The van der Waals surface area contributed by atoms with Crippen LogP contribution in [0.1, 0.15) is 55.6 Å². The topological polar surface area (TPSA) is 105 Å². The van der Waals surface area contributed by atoms with Crippen molar-refractivity contribution < 1.29 is 33.0 Å². The second kappa shape index (κ2) is 10.4. The normalized spacial score (nSPS) is 19.2. The minimum Gasteiger partial charge on any atom is -0.481 e. The molecule has 2 aromatic carbocycles. The Labute approximate surface area is 201 Å². The van der Waals surface area contributed by atoms with Crippen LogP contribution in [0, 0.1) is 0 Å². The molecule has 0 spiro atoms. The fourth-order valence-electron chi connectivity index (χ4n) is 4.86. The summed E-state index contributed by atoms with van der Waals surface area (Å²) in [4.78, 5) is 36.4. The fourth-order valence-corrected chi connectivity index (χ4v) is 4.86. The third kappa shape index (κ3) is 5.61. The van der Waals surface area contributed by atoms with Gasteiger partial charge in [0, 0.05) is 18.8 Å². The number of hydrogen-bond acceptors (Lipinski definition) is 4. The maximum atomic E-state index is 14.2. The van der Waals surface area contributed by atoms with E-state index in [0.717, 1.165) is 22.3 Å². The Morgan fingerprint density at radius 1 is 1.03 bits per heavy atom. The van der Waals surface area contributed by atoms with Crippen LogP contribution in [0.3, 0.4) is 0 Å². The first-order valence-corrected chi connectivity index (χ1v) is 11.8. The first kappa shape index (κ1) is 24.6. The molecule has 0 bridgehead atoms. The monoisotopic (exact) mass is 486 g/mol. The van der Waals surface area contributed by atoms with Crippen molar-refractivity contribution in [2.75, 3.05) is 6.61 Å². The van der Waals surface area contributed by atoms with E-state index < -0.39 is 42.4 Å². The number of aliphatic carboxylic acids is 1. The summed E-state index contributed by atoms with van der Waals surface area (Å²) in [7, 11) is 0. The first-order valence-electron chi connectivity index (χ1n) is 11.8. The molecule has 0 saturated heterocycles. The Morgan fingerprint density at radius 2 is 1.66 bits per heavy atom. The number of carboxylic acids is 1. The largest absolute Gasteiger partial charge is 0.481 e. The summed E-state index contributed by atoms with van der Waals surface area (Å²) < 4.78 is 33.8. The van der Waals surface area contributed by atoms with Gasteiger partial charge in [0.05, 0.1) is 6.04 Å². The van der Waals surface area contributed by atoms with Gasteiger partial charge in [-0.05, 0) is 41.5 Å². The summed E-state index contributed by atoms with van der Waals surface area (Å²) in [5, 5.41) is 13.7. The number of halogens is 2. The minimum atomic E-state index is -3.05. The minimum absolute atomic E-state index is 0.00776. The van der Waals surface area contributed by atoms with E-state index >= 15 is 0 Å². The number of alkyl halides is 2. The molecule has 3 N–H and O–H groups in total. The van der Waals surface area contributed by atoms with Gasteiger partial charge in [0.2, 0.25) is 5.91 Å². The highest BCUT2D eigenvalue weighted by atomic mass is 19.3. The van der Waals surface area contributed by atoms with Crippen molar-refractivity contribution in [3.05, 3.63) is 59.7 Å². The smallest absolute Gasteiger partial charge is 0.407 e. The van der Waals surface area contributed by atoms with Gasteiger partial charge in [0.15, 0.2) is 0 Å². The Morgan fingerprint density at radius 3 is 2.26 bits per heavy atom. The molecule has 0 heterocycles. The molecule has 2 amide bonds. The van der Waals surface area contributed by atoms with E-state index in [-0.39, 0.29) is 31.8 Å². The standard InChI is InChI=1S/C26H28F2N2O5/c27-26(28)14-6-5-11-22(26)30-24(33)21(12-13-23(31)32)29-25(34)35-15-20-18-9-3-1-7-16(18)17-8-2-4-10-19(17)20/h1-4,7-10,20-22H,5-6,11-15H2,(H,29,34)(H,30,33)(H,31,32). The molecule has 4 rings (SSSR count). The Bertz CT molecular complexity index is 1060. The number of fused-ring (bicyclic) bond motifs is 3. The molecule has 186 valence electrons. The fraction of sp³-hybridized carbons (Fsp3) is 0.423. The highest BCUT2D eigenvalue weighted by Gasteiger charge is 2.43. The van der Waals surface area contributed by atoms with Crippen LogP contribution in [0.25, 0.3) is 11.1 Å². The number of carboxylic acid groups (broad SMARTS) is 1. The van der Waals surface area contributed by atoms with Crippen molar-refractivity contribution in [3.8, 4) is 11.1 Å². The van der Waals surface area contributed by atoms with Gasteiger partial charge in [-0.1, -0.05) is 55.0 Å². The first-order chi connectivity index (χ1) is 16.8. The lowest BCUT2D eigenvalue weighted by molar-refractivity contribution is -0.137. The lowest BCUT2D eigenvalue weighted by Gasteiger charge is -2.32. The zero-order chi connectivity index (χ0) is 25.0. The molecular formula is C26H28F2N2O5. The molecule has 2 atom stereocenters. The number of hydrogen-bond donors (Lipinski definition) is 3. The number of rotatable bonds is 8. The van der Waals surface area contributed by atoms with Crippen molar-refractivity contribution in [3.63, 3.8) is 0 Å². The molecule has 35 heavy (non-hydrogen) atoms. The van der Waals surface area contributed by atoms with Gasteiger partial charge in [-0.3, -0.25) is 9.59 Å². The Balaban J connectivity index is 1.41. The number of nitrogens with one attached hydrogen (secondary N) is 2. The molecule has 1 saturated carbocycles. The third-order valence-corrected chi connectivity index (χ3v) is 6.68. The lowest BCUT2D eigenvalue weighted by Crippen LogP contribution is -2.55. The second-order valence-corrected chi connectivity index (χ2v) is 9.02. The molecule has 1 fully saturated rings. The summed E-state index contributed by atoms with van der Waals surface area (Å²) in [5.41, 5.74) is 4.15. The molecule has 2 unspecified atom stereocenters. The molecule has 2 aliphatic rings. The van der Waals surface area contributed by atoms with E-state index in [2.05, 4.69) is 10.6 Å². The van der Waals surface area contributed by atoms with Crippen molar-refractivity contribution in [1.82, 2.24) is 10.6 Å². The van der Waals surface area contributed by atoms with Gasteiger partial charge in [-0.2, -0.15) is 0 Å². The lowest BCUT2D eigenvalue weighted by atomic mass is 9.91. The number of amides is 2. The highest BCUT2D eigenvalue weighted by Crippen LogP contribution is 2.44. The molecule has 2 aliphatic carbocycles. The molecule has 0 radical (unpaired) electrons. The van der Waals surface area contributed by atoms with Crippen LogP contribution in [0.2, 0.25) is 0 Å². The van der Waals surface area contributed by atoms with Crippen LogP contribution in [0.5, 0.6) is 0 Å². The van der Waals surface area contributed by atoms with E-state index in [9.17, 15) is 23.2 Å².